The van der Waals surface area contributed by atoms with Crippen LogP contribution >= 0.6 is 23.1 Å². The first-order chi connectivity index (χ1) is 9.50. The number of nitrogens with zero attached hydrogens (tertiary/aromatic N) is 2. The van der Waals surface area contributed by atoms with Crippen LogP contribution in [0.4, 0.5) is 13.2 Å². The number of hydrogen-bond acceptors (Lipinski definition) is 5. The summed E-state index contributed by atoms with van der Waals surface area (Å²) < 4.78 is 39.8. The lowest BCUT2D eigenvalue weighted by atomic mass is 10.1. The van der Waals surface area contributed by atoms with Gasteiger partial charge in [-0.1, -0.05) is 36.1 Å². The molecule has 0 bridgehead atoms. The Kier molecular flexibility index (Phi) is 5.00. The SMILES string of the molecule is CCNCc1ccc(Sc2nncs2)c(C(F)(F)F)c1. The van der Waals surface area contributed by atoms with Crippen LogP contribution in [0.2, 0.25) is 0 Å². The molecule has 20 heavy (non-hydrogen) atoms. The highest BCUT2D eigenvalue weighted by Gasteiger charge is 2.34. The lowest BCUT2D eigenvalue weighted by molar-refractivity contribution is -0.139. The van der Waals surface area contributed by atoms with Gasteiger partial charge in [-0.15, -0.1) is 10.2 Å². The lowest BCUT2D eigenvalue weighted by Crippen LogP contribution is -2.13. The van der Waals surface area contributed by atoms with E-state index in [2.05, 4.69) is 15.5 Å². The number of nitrogens with one attached hydrogen (secondary N) is 1. The van der Waals surface area contributed by atoms with Crippen molar-refractivity contribution in [2.75, 3.05) is 6.54 Å². The average molecular weight is 319 g/mol. The molecular weight excluding hydrogens is 307 g/mol. The fourth-order valence-electron chi connectivity index (χ4n) is 1.57. The first-order valence-corrected chi connectivity index (χ1v) is 7.55. The van der Waals surface area contributed by atoms with E-state index in [1.54, 1.807) is 6.07 Å². The number of aromatic nitrogens is 2. The van der Waals surface area contributed by atoms with E-state index >= 15 is 0 Å². The van der Waals surface area contributed by atoms with Gasteiger partial charge in [0, 0.05) is 11.4 Å². The van der Waals surface area contributed by atoms with Crippen LogP contribution in [-0.4, -0.2) is 16.7 Å². The predicted molar refractivity (Wildman–Crippen MR) is 72.9 cm³/mol. The average Bonchev–Trinajstić information content (AvgIpc) is 2.89. The Labute approximate surface area is 122 Å². The van der Waals surface area contributed by atoms with Gasteiger partial charge in [0.25, 0.3) is 0 Å². The Balaban J connectivity index is 2.30. The first kappa shape index (κ1) is 15.3. The molecule has 108 valence electrons. The number of rotatable bonds is 5. The molecule has 2 rings (SSSR count). The van der Waals surface area contributed by atoms with E-state index in [4.69, 9.17) is 0 Å². The van der Waals surface area contributed by atoms with E-state index in [-0.39, 0.29) is 4.90 Å². The van der Waals surface area contributed by atoms with Crippen LogP contribution in [0.3, 0.4) is 0 Å². The summed E-state index contributed by atoms with van der Waals surface area (Å²) in [5, 5.41) is 10.4. The third-order valence-corrected chi connectivity index (χ3v) is 4.32. The smallest absolute Gasteiger partial charge is 0.313 e. The molecule has 8 heteroatoms. The maximum absolute atomic E-state index is 13.1. The summed E-state index contributed by atoms with van der Waals surface area (Å²) in [6.45, 7) is 3.04. The van der Waals surface area contributed by atoms with Crippen LogP contribution in [-0.2, 0) is 12.7 Å². The molecule has 0 saturated heterocycles. The molecule has 0 saturated carbocycles. The van der Waals surface area contributed by atoms with E-state index in [0.717, 1.165) is 11.8 Å². The molecular formula is C12H12F3N3S2. The molecule has 0 aliphatic rings. The highest BCUT2D eigenvalue weighted by molar-refractivity contribution is 8.01. The minimum absolute atomic E-state index is 0.148. The lowest BCUT2D eigenvalue weighted by Gasteiger charge is -2.13. The van der Waals surface area contributed by atoms with Crippen LogP contribution in [0.25, 0.3) is 0 Å². The molecule has 1 aromatic carbocycles. The molecule has 0 unspecified atom stereocenters. The summed E-state index contributed by atoms with van der Waals surface area (Å²) in [5.74, 6) is 0. The van der Waals surface area contributed by atoms with Crippen molar-refractivity contribution in [2.24, 2.45) is 0 Å². The van der Waals surface area contributed by atoms with E-state index in [1.165, 1.54) is 29.0 Å². The quantitative estimate of drug-likeness (QED) is 0.909. The van der Waals surface area contributed by atoms with Crippen LogP contribution in [0.5, 0.6) is 0 Å². The van der Waals surface area contributed by atoms with Gasteiger partial charge in [0.1, 0.15) is 5.51 Å². The van der Waals surface area contributed by atoms with Gasteiger partial charge in [0.2, 0.25) is 0 Å². The van der Waals surface area contributed by atoms with Gasteiger partial charge < -0.3 is 5.32 Å². The van der Waals surface area contributed by atoms with E-state index in [9.17, 15) is 13.2 Å². The Morgan fingerprint density at radius 3 is 2.75 bits per heavy atom. The van der Waals surface area contributed by atoms with Crippen molar-refractivity contribution in [1.29, 1.82) is 0 Å². The minimum Gasteiger partial charge on any atom is -0.313 e. The zero-order valence-corrected chi connectivity index (χ0v) is 12.2. The molecule has 0 amide bonds. The van der Waals surface area contributed by atoms with Crippen molar-refractivity contribution in [3.8, 4) is 0 Å². The summed E-state index contributed by atoms with van der Waals surface area (Å²) >= 11 is 2.20. The fraction of sp³-hybridized carbons (Fsp3) is 0.333. The molecule has 0 spiro atoms. The monoisotopic (exact) mass is 319 g/mol. The number of hydrogen-bond donors (Lipinski definition) is 1. The van der Waals surface area contributed by atoms with E-state index in [1.807, 2.05) is 6.92 Å². The number of benzene rings is 1. The second-order valence-electron chi connectivity index (χ2n) is 3.92. The van der Waals surface area contributed by atoms with Gasteiger partial charge in [-0.2, -0.15) is 13.2 Å². The van der Waals surface area contributed by atoms with Gasteiger partial charge in [-0.25, -0.2) is 0 Å². The highest BCUT2D eigenvalue weighted by Crippen LogP contribution is 2.40. The van der Waals surface area contributed by atoms with Crippen molar-refractivity contribution in [3.63, 3.8) is 0 Å². The second kappa shape index (κ2) is 6.55. The van der Waals surface area contributed by atoms with Crippen molar-refractivity contribution in [2.45, 2.75) is 28.9 Å². The first-order valence-electron chi connectivity index (χ1n) is 5.85. The summed E-state index contributed by atoms with van der Waals surface area (Å²) in [6.07, 6.45) is -4.38. The molecule has 0 radical (unpaired) electrons. The predicted octanol–water partition coefficient (Wildman–Crippen LogP) is 3.82. The molecule has 0 aliphatic carbocycles. The fourth-order valence-corrected chi connectivity index (χ4v) is 3.13. The third-order valence-electron chi connectivity index (χ3n) is 2.47. The van der Waals surface area contributed by atoms with Crippen molar-refractivity contribution >= 4 is 23.1 Å². The van der Waals surface area contributed by atoms with Gasteiger partial charge in [0.05, 0.1) is 5.56 Å². The molecule has 0 atom stereocenters. The second-order valence-corrected chi connectivity index (χ2v) is 6.04. The number of alkyl halides is 3. The van der Waals surface area contributed by atoms with Crippen LogP contribution < -0.4 is 5.32 Å². The van der Waals surface area contributed by atoms with Crippen molar-refractivity contribution in [3.05, 3.63) is 34.8 Å². The topological polar surface area (TPSA) is 37.8 Å². The maximum Gasteiger partial charge on any atom is 0.417 e. The normalized spacial score (nSPS) is 11.8. The Hall–Kier alpha value is -1.12. The molecule has 2 aromatic rings. The van der Waals surface area contributed by atoms with Crippen LogP contribution in [0, 0.1) is 0 Å². The molecule has 1 aromatic heterocycles. The van der Waals surface area contributed by atoms with E-state index < -0.39 is 11.7 Å². The third kappa shape index (κ3) is 3.94. The zero-order valence-electron chi connectivity index (χ0n) is 10.6. The van der Waals surface area contributed by atoms with E-state index in [0.29, 0.717) is 23.0 Å². The molecule has 0 fully saturated rings. The zero-order chi connectivity index (χ0) is 14.6. The van der Waals surface area contributed by atoms with Crippen LogP contribution in [0.15, 0.2) is 32.9 Å². The Bertz CT molecular complexity index is 556. The number of halogens is 3. The molecule has 3 nitrogen and oxygen atoms in total. The Morgan fingerprint density at radius 1 is 1.35 bits per heavy atom. The standard InChI is InChI=1S/C12H12F3N3S2/c1-2-16-6-8-3-4-10(9(5-8)12(13,14)15)20-11-18-17-7-19-11/h3-5,7,16H,2,6H2,1H3. The minimum atomic E-state index is -4.38. The summed E-state index contributed by atoms with van der Waals surface area (Å²) in [4.78, 5) is 0.148. The maximum atomic E-state index is 13.1. The molecule has 0 aliphatic heterocycles. The largest absolute Gasteiger partial charge is 0.417 e. The van der Waals surface area contributed by atoms with Gasteiger partial charge >= 0.3 is 6.18 Å². The highest BCUT2D eigenvalue weighted by atomic mass is 32.2. The summed E-state index contributed by atoms with van der Waals surface area (Å²) in [7, 11) is 0. The van der Waals surface area contributed by atoms with Crippen LogP contribution in [0.1, 0.15) is 18.1 Å². The summed E-state index contributed by atoms with van der Waals surface area (Å²) in [5.41, 5.74) is 1.48. The van der Waals surface area contributed by atoms with Gasteiger partial charge in [-0.05, 0) is 24.2 Å². The van der Waals surface area contributed by atoms with Gasteiger partial charge in [-0.3, -0.25) is 0 Å². The molecule has 1 heterocycles. The Morgan fingerprint density at radius 2 is 2.15 bits per heavy atom. The van der Waals surface area contributed by atoms with Crippen molar-refractivity contribution < 1.29 is 13.2 Å². The summed E-state index contributed by atoms with van der Waals surface area (Å²) in [6, 6.07) is 4.37. The molecule has 1 N–H and O–H groups in total. The van der Waals surface area contributed by atoms with Gasteiger partial charge in [0.15, 0.2) is 4.34 Å². The van der Waals surface area contributed by atoms with Crippen molar-refractivity contribution in [1.82, 2.24) is 15.5 Å².